The number of nitrogens with two attached hydrogens (primary N) is 2. The number of aromatic nitrogens is 1. The van der Waals surface area contributed by atoms with Crippen LogP contribution in [0, 0.1) is 21.4 Å². The zero-order valence-corrected chi connectivity index (χ0v) is 13.2. The molecule has 134 valence electrons. The van der Waals surface area contributed by atoms with Gasteiger partial charge >= 0.3 is 0 Å². The molecule has 12 heteroatoms. The molecule has 0 atom stereocenters. The van der Waals surface area contributed by atoms with Gasteiger partial charge < -0.3 is 27.0 Å². The Labute approximate surface area is 146 Å². The van der Waals surface area contributed by atoms with E-state index in [2.05, 4.69) is 20.5 Å². The molecule has 0 unspecified atom stereocenters. The standard InChI is InChI=1S/C14H14N8O4/c15-6-8-11(16)12(13(17)19-14(8)18-3-4-23)21-20-9-5-7(22(25)26)1-2-10(9)24/h1-2,5,23-24H,3-4H2,(H5,16,17,18,19). The summed E-state index contributed by atoms with van der Waals surface area (Å²) in [6.07, 6.45) is 0. The van der Waals surface area contributed by atoms with Crippen LogP contribution in [0.4, 0.5) is 34.4 Å². The van der Waals surface area contributed by atoms with Gasteiger partial charge in [0.25, 0.3) is 5.69 Å². The number of aliphatic hydroxyl groups is 1. The molecule has 1 heterocycles. The smallest absolute Gasteiger partial charge is 0.271 e. The molecule has 0 aliphatic carbocycles. The van der Waals surface area contributed by atoms with Crippen molar-refractivity contribution in [2.24, 2.45) is 10.2 Å². The van der Waals surface area contributed by atoms with Gasteiger partial charge in [-0.2, -0.15) is 5.26 Å². The number of nitro groups is 1. The molecular weight excluding hydrogens is 344 g/mol. The first-order valence-corrected chi connectivity index (χ1v) is 7.12. The Morgan fingerprint density at radius 1 is 1.38 bits per heavy atom. The van der Waals surface area contributed by atoms with Crippen molar-refractivity contribution in [1.82, 2.24) is 4.98 Å². The minimum absolute atomic E-state index is 0.0511. The van der Waals surface area contributed by atoms with Crippen molar-refractivity contribution in [3.63, 3.8) is 0 Å². The Morgan fingerprint density at radius 3 is 2.73 bits per heavy atom. The topological polar surface area (TPSA) is 209 Å². The molecule has 0 aliphatic rings. The maximum atomic E-state index is 10.8. The average molecular weight is 358 g/mol. The monoisotopic (exact) mass is 358 g/mol. The summed E-state index contributed by atoms with van der Waals surface area (Å²) in [6.45, 7) is -0.0666. The maximum Gasteiger partial charge on any atom is 0.271 e. The highest BCUT2D eigenvalue weighted by molar-refractivity contribution is 5.83. The third-order valence-electron chi connectivity index (χ3n) is 3.18. The van der Waals surface area contributed by atoms with Crippen molar-refractivity contribution >= 4 is 34.4 Å². The molecule has 0 saturated carbocycles. The largest absolute Gasteiger partial charge is 0.506 e. The molecular formula is C14H14N8O4. The van der Waals surface area contributed by atoms with Gasteiger partial charge in [-0.05, 0) is 6.07 Å². The number of nitrogen functional groups attached to an aromatic ring is 2. The molecule has 0 bridgehead atoms. The van der Waals surface area contributed by atoms with Crippen LogP contribution in [-0.2, 0) is 0 Å². The second-order valence-corrected chi connectivity index (χ2v) is 4.88. The lowest BCUT2D eigenvalue weighted by Gasteiger charge is -2.11. The first-order chi connectivity index (χ1) is 12.4. The zero-order chi connectivity index (χ0) is 19.3. The van der Waals surface area contributed by atoms with Gasteiger partial charge in [-0.25, -0.2) is 4.98 Å². The van der Waals surface area contributed by atoms with Crippen molar-refractivity contribution in [3.8, 4) is 11.8 Å². The second-order valence-electron chi connectivity index (χ2n) is 4.88. The minimum atomic E-state index is -0.655. The SMILES string of the molecule is N#Cc1c(NCCO)nc(N)c(N=Nc2cc([N+](=O)[O-])ccc2O)c1N. The zero-order valence-electron chi connectivity index (χ0n) is 13.2. The fourth-order valence-corrected chi connectivity index (χ4v) is 1.94. The van der Waals surface area contributed by atoms with Gasteiger partial charge in [-0.3, -0.25) is 10.1 Å². The average Bonchev–Trinajstić information content (AvgIpc) is 2.60. The van der Waals surface area contributed by atoms with Gasteiger partial charge in [0.05, 0.1) is 17.2 Å². The first kappa shape index (κ1) is 18.4. The molecule has 2 rings (SSSR count). The number of nitriles is 1. The number of nitrogens with zero attached hydrogens (tertiary/aromatic N) is 5. The molecule has 0 radical (unpaired) electrons. The predicted octanol–water partition coefficient (Wildman–Crippen LogP) is 1.55. The number of nitro benzene ring substituents is 1. The Balaban J connectivity index is 2.47. The quantitative estimate of drug-likeness (QED) is 0.287. The third-order valence-corrected chi connectivity index (χ3v) is 3.18. The molecule has 0 saturated heterocycles. The van der Waals surface area contributed by atoms with Gasteiger partial charge in [-0.15, -0.1) is 10.2 Å². The van der Waals surface area contributed by atoms with E-state index in [-0.39, 0.29) is 58.8 Å². The number of aliphatic hydroxyl groups excluding tert-OH is 1. The van der Waals surface area contributed by atoms with E-state index in [1.807, 2.05) is 6.07 Å². The van der Waals surface area contributed by atoms with Crippen LogP contribution in [0.3, 0.4) is 0 Å². The second kappa shape index (κ2) is 7.73. The number of azo groups is 1. The van der Waals surface area contributed by atoms with E-state index in [9.17, 15) is 20.5 Å². The molecule has 1 aromatic carbocycles. The fourth-order valence-electron chi connectivity index (χ4n) is 1.94. The lowest BCUT2D eigenvalue weighted by Crippen LogP contribution is -2.11. The summed E-state index contributed by atoms with van der Waals surface area (Å²) in [5.41, 5.74) is 10.9. The number of anilines is 3. The summed E-state index contributed by atoms with van der Waals surface area (Å²) in [5, 5.41) is 48.8. The van der Waals surface area contributed by atoms with Crippen molar-refractivity contribution in [2.45, 2.75) is 0 Å². The van der Waals surface area contributed by atoms with Crippen LogP contribution >= 0.6 is 0 Å². The van der Waals surface area contributed by atoms with E-state index in [1.165, 1.54) is 0 Å². The fraction of sp³-hybridized carbons (Fsp3) is 0.143. The lowest BCUT2D eigenvalue weighted by atomic mass is 10.2. The van der Waals surface area contributed by atoms with Gasteiger partial charge in [-0.1, -0.05) is 0 Å². The third kappa shape index (κ3) is 3.74. The Hall–Kier alpha value is -3.98. The highest BCUT2D eigenvalue weighted by Gasteiger charge is 2.17. The van der Waals surface area contributed by atoms with Crippen LogP contribution < -0.4 is 16.8 Å². The molecule has 12 nitrogen and oxygen atoms in total. The molecule has 1 aromatic heterocycles. The van der Waals surface area contributed by atoms with Gasteiger partial charge in [0.2, 0.25) is 0 Å². The lowest BCUT2D eigenvalue weighted by molar-refractivity contribution is -0.384. The van der Waals surface area contributed by atoms with Gasteiger partial charge in [0, 0.05) is 18.7 Å². The number of nitrogens with one attached hydrogen (secondary N) is 1. The molecule has 7 N–H and O–H groups in total. The number of phenolic OH excluding ortho intramolecular Hbond substituents is 1. The predicted molar refractivity (Wildman–Crippen MR) is 92.3 cm³/mol. The maximum absolute atomic E-state index is 10.8. The Bertz CT molecular complexity index is 922. The van der Waals surface area contributed by atoms with Crippen molar-refractivity contribution < 1.29 is 15.1 Å². The van der Waals surface area contributed by atoms with E-state index >= 15 is 0 Å². The molecule has 0 spiro atoms. The summed E-state index contributed by atoms with van der Waals surface area (Å²) in [7, 11) is 0. The van der Waals surface area contributed by atoms with Gasteiger partial charge in [0.1, 0.15) is 28.9 Å². The van der Waals surface area contributed by atoms with Crippen molar-refractivity contribution in [1.29, 1.82) is 5.26 Å². The van der Waals surface area contributed by atoms with Crippen LogP contribution in [0.2, 0.25) is 0 Å². The summed E-state index contributed by atoms with van der Waals surface area (Å²) >= 11 is 0. The number of pyridine rings is 1. The van der Waals surface area contributed by atoms with Crippen molar-refractivity contribution in [3.05, 3.63) is 33.9 Å². The van der Waals surface area contributed by atoms with Crippen molar-refractivity contribution in [2.75, 3.05) is 29.9 Å². The van der Waals surface area contributed by atoms with E-state index in [0.717, 1.165) is 18.2 Å². The number of benzene rings is 1. The highest BCUT2D eigenvalue weighted by Crippen LogP contribution is 2.37. The number of rotatable bonds is 6. The number of hydrogen-bond acceptors (Lipinski definition) is 11. The van der Waals surface area contributed by atoms with E-state index in [4.69, 9.17) is 16.6 Å². The summed E-state index contributed by atoms with van der Waals surface area (Å²) in [5.74, 6) is -0.421. The number of non-ortho nitro benzene ring substituents is 1. The summed E-state index contributed by atoms with van der Waals surface area (Å²) in [4.78, 5) is 14.1. The normalized spacial score (nSPS) is 10.6. The van der Waals surface area contributed by atoms with Crippen LogP contribution in [0.15, 0.2) is 28.4 Å². The van der Waals surface area contributed by atoms with E-state index < -0.39 is 4.92 Å². The molecule has 0 amide bonds. The van der Waals surface area contributed by atoms with Crippen LogP contribution in [0.1, 0.15) is 5.56 Å². The van der Waals surface area contributed by atoms with E-state index in [0.29, 0.717) is 0 Å². The molecule has 0 aliphatic heterocycles. The summed E-state index contributed by atoms with van der Waals surface area (Å²) < 4.78 is 0. The Morgan fingerprint density at radius 2 is 2.12 bits per heavy atom. The highest BCUT2D eigenvalue weighted by atomic mass is 16.6. The Kier molecular flexibility index (Phi) is 5.46. The molecule has 26 heavy (non-hydrogen) atoms. The van der Waals surface area contributed by atoms with Crippen LogP contribution in [-0.4, -0.2) is 33.3 Å². The van der Waals surface area contributed by atoms with E-state index in [1.54, 1.807) is 0 Å². The molecule has 2 aromatic rings. The van der Waals surface area contributed by atoms with Crippen LogP contribution in [0.5, 0.6) is 5.75 Å². The minimum Gasteiger partial charge on any atom is -0.506 e. The number of phenols is 1. The number of aromatic hydroxyl groups is 1. The summed E-state index contributed by atoms with van der Waals surface area (Å²) in [6, 6.07) is 5.06. The van der Waals surface area contributed by atoms with Gasteiger partial charge in [0.15, 0.2) is 11.5 Å². The first-order valence-electron chi connectivity index (χ1n) is 7.12. The number of hydrogen-bond donors (Lipinski definition) is 5. The molecule has 0 fully saturated rings. The van der Waals surface area contributed by atoms with Crippen LogP contribution in [0.25, 0.3) is 0 Å².